The highest BCUT2D eigenvalue weighted by atomic mass is 16.1. The number of anilines is 1. The molecule has 0 aliphatic carbocycles. The van der Waals surface area contributed by atoms with E-state index in [1.54, 1.807) is 17.2 Å². The fraction of sp³-hybridized carbons (Fsp3) is 0.182. The van der Waals surface area contributed by atoms with Crippen molar-refractivity contribution in [1.82, 2.24) is 20.2 Å². The Morgan fingerprint density at radius 1 is 1.37 bits per heavy atom. The van der Waals surface area contributed by atoms with Gasteiger partial charge in [-0.3, -0.25) is 4.79 Å². The number of nitrogen functional groups attached to an aromatic ring is 1. The van der Waals surface area contributed by atoms with Gasteiger partial charge in [0.2, 0.25) is 0 Å². The molecule has 1 aliphatic rings. The highest BCUT2D eigenvalue weighted by molar-refractivity contribution is 5.95. The predicted molar refractivity (Wildman–Crippen MR) is 121 cm³/mol. The van der Waals surface area contributed by atoms with Crippen LogP contribution in [0.1, 0.15) is 16.8 Å². The Hall–Kier alpha value is -3.78. The van der Waals surface area contributed by atoms with E-state index in [-0.39, 0.29) is 12.5 Å². The van der Waals surface area contributed by atoms with Gasteiger partial charge in [0.05, 0.1) is 12.1 Å². The lowest BCUT2D eigenvalue weighted by atomic mass is 10.1. The molecule has 1 aromatic rings. The number of amides is 1. The Bertz CT molecular complexity index is 933. The topological polar surface area (TPSA) is 127 Å². The van der Waals surface area contributed by atoms with Gasteiger partial charge in [-0.2, -0.15) is 0 Å². The van der Waals surface area contributed by atoms with Crippen LogP contribution in [0.2, 0.25) is 0 Å². The van der Waals surface area contributed by atoms with Crippen LogP contribution in [0.15, 0.2) is 79.1 Å². The van der Waals surface area contributed by atoms with Crippen LogP contribution in [0.4, 0.5) is 5.82 Å². The molecule has 158 valence electrons. The molecule has 2 rings (SSSR count). The first kappa shape index (κ1) is 22.5. The van der Waals surface area contributed by atoms with Crippen molar-refractivity contribution in [3.63, 3.8) is 0 Å². The first-order valence-corrected chi connectivity index (χ1v) is 9.36. The maximum atomic E-state index is 12.6. The highest BCUT2D eigenvalue weighted by Gasteiger charge is 2.11. The lowest BCUT2D eigenvalue weighted by molar-refractivity contribution is -0.117. The summed E-state index contributed by atoms with van der Waals surface area (Å²) in [5.41, 5.74) is 16.1. The second-order valence-electron chi connectivity index (χ2n) is 6.87. The van der Waals surface area contributed by atoms with E-state index in [9.17, 15) is 4.79 Å². The first-order valence-electron chi connectivity index (χ1n) is 9.36. The van der Waals surface area contributed by atoms with E-state index in [1.807, 2.05) is 38.3 Å². The summed E-state index contributed by atoms with van der Waals surface area (Å²) in [5, 5.41) is 4.19. The summed E-state index contributed by atoms with van der Waals surface area (Å²) < 4.78 is 0. The van der Waals surface area contributed by atoms with E-state index in [0.29, 0.717) is 23.6 Å². The van der Waals surface area contributed by atoms with Crippen molar-refractivity contribution in [2.75, 3.05) is 12.3 Å². The van der Waals surface area contributed by atoms with Crippen LogP contribution in [0.5, 0.6) is 0 Å². The van der Waals surface area contributed by atoms with Crippen molar-refractivity contribution in [3.8, 4) is 0 Å². The van der Waals surface area contributed by atoms with Crippen molar-refractivity contribution in [2.24, 2.45) is 11.6 Å². The van der Waals surface area contributed by atoms with Crippen LogP contribution in [-0.4, -0.2) is 27.3 Å². The standard InChI is InChI=1S/C22H29N7O/c1-5-18(22(30)26-11-20-15(2)10-21(24)27-17(20)4)12-29(25)14-19(23)13-28-9-7-6-8-16(28)3/h5-10,12-13H,1,3,11,14,23,25H2,2,4H3,(H2,24,27)(H,26,30)/b18-12+,19-13-. The van der Waals surface area contributed by atoms with Gasteiger partial charge in [-0.15, -0.1) is 0 Å². The summed E-state index contributed by atoms with van der Waals surface area (Å²) >= 11 is 0. The summed E-state index contributed by atoms with van der Waals surface area (Å²) in [6.07, 6.45) is 12.1. The number of aromatic nitrogens is 1. The molecule has 0 radical (unpaired) electrons. The van der Waals surface area contributed by atoms with Gasteiger partial charge < -0.3 is 26.7 Å². The molecule has 1 aromatic heterocycles. The normalized spacial score (nSPS) is 14.1. The molecule has 0 saturated carbocycles. The Kier molecular flexibility index (Phi) is 7.60. The molecule has 7 N–H and O–H groups in total. The van der Waals surface area contributed by atoms with E-state index < -0.39 is 0 Å². The number of carbonyl (C=O) groups is 1. The number of hydrogen-bond acceptors (Lipinski definition) is 7. The van der Waals surface area contributed by atoms with Crippen LogP contribution in [0.3, 0.4) is 0 Å². The average Bonchev–Trinajstić information content (AvgIpc) is 2.66. The van der Waals surface area contributed by atoms with Crippen LogP contribution in [-0.2, 0) is 11.3 Å². The summed E-state index contributed by atoms with van der Waals surface area (Å²) in [6, 6.07) is 1.78. The van der Waals surface area contributed by atoms with Gasteiger partial charge in [0.1, 0.15) is 5.82 Å². The van der Waals surface area contributed by atoms with Gasteiger partial charge in [-0.05, 0) is 43.2 Å². The van der Waals surface area contributed by atoms with Crippen molar-refractivity contribution in [3.05, 3.63) is 95.9 Å². The zero-order valence-electron chi connectivity index (χ0n) is 17.4. The zero-order valence-corrected chi connectivity index (χ0v) is 17.4. The van der Waals surface area contributed by atoms with Crippen molar-refractivity contribution < 1.29 is 4.79 Å². The quantitative estimate of drug-likeness (QED) is 0.224. The fourth-order valence-electron chi connectivity index (χ4n) is 2.90. The second-order valence-corrected chi connectivity index (χ2v) is 6.87. The first-order chi connectivity index (χ1) is 14.2. The summed E-state index contributed by atoms with van der Waals surface area (Å²) in [6.45, 7) is 11.9. The van der Waals surface area contributed by atoms with Crippen LogP contribution < -0.4 is 22.6 Å². The summed E-state index contributed by atoms with van der Waals surface area (Å²) in [4.78, 5) is 18.6. The number of nitrogens with zero attached hydrogens (tertiary/aromatic N) is 3. The molecular weight excluding hydrogens is 378 g/mol. The van der Waals surface area contributed by atoms with Crippen LogP contribution >= 0.6 is 0 Å². The molecule has 0 unspecified atom stereocenters. The molecule has 0 saturated heterocycles. The molecule has 30 heavy (non-hydrogen) atoms. The number of allylic oxidation sites excluding steroid dienone is 3. The van der Waals surface area contributed by atoms with Gasteiger partial charge in [-0.1, -0.05) is 25.3 Å². The molecule has 0 bridgehead atoms. The number of carbonyl (C=O) groups excluding carboxylic acids is 1. The molecule has 0 aromatic carbocycles. The zero-order chi connectivity index (χ0) is 22.3. The Labute approximate surface area is 177 Å². The lowest BCUT2D eigenvalue weighted by Crippen LogP contribution is -2.33. The van der Waals surface area contributed by atoms with Gasteiger partial charge >= 0.3 is 0 Å². The van der Waals surface area contributed by atoms with Gasteiger partial charge in [-0.25, -0.2) is 10.8 Å². The Morgan fingerprint density at radius 3 is 2.73 bits per heavy atom. The number of nitrogens with two attached hydrogens (primary N) is 3. The third kappa shape index (κ3) is 6.11. The molecule has 0 spiro atoms. The summed E-state index contributed by atoms with van der Waals surface area (Å²) in [5.74, 6) is 6.16. The number of hydrazine groups is 1. The van der Waals surface area contributed by atoms with E-state index in [0.717, 1.165) is 22.5 Å². The predicted octanol–water partition coefficient (Wildman–Crippen LogP) is 1.84. The molecule has 8 nitrogen and oxygen atoms in total. The number of pyridine rings is 1. The molecule has 0 atom stereocenters. The third-order valence-electron chi connectivity index (χ3n) is 4.43. The Balaban J connectivity index is 2.00. The maximum Gasteiger partial charge on any atom is 0.253 e. The van der Waals surface area contributed by atoms with Gasteiger partial charge in [0.25, 0.3) is 5.91 Å². The molecule has 1 amide bonds. The van der Waals surface area contributed by atoms with Crippen molar-refractivity contribution >= 4 is 11.7 Å². The Morgan fingerprint density at radius 2 is 2.10 bits per heavy atom. The second kappa shape index (κ2) is 10.1. The lowest BCUT2D eigenvalue weighted by Gasteiger charge is -2.21. The number of aryl methyl sites for hydroxylation is 2. The molecule has 0 fully saturated rings. The monoisotopic (exact) mass is 407 g/mol. The molecule has 1 aliphatic heterocycles. The average molecular weight is 408 g/mol. The number of rotatable bonds is 8. The van der Waals surface area contributed by atoms with E-state index >= 15 is 0 Å². The smallest absolute Gasteiger partial charge is 0.253 e. The highest BCUT2D eigenvalue weighted by Crippen LogP contribution is 2.15. The van der Waals surface area contributed by atoms with Gasteiger partial charge in [0, 0.05) is 42.2 Å². The SMILES string of the molecule is C=C/C(=C\N(N)C/C(N)=C/N1C=CC=CC1=C)C(=O)NCc1c(C)cc(N)nc1C. The molecule has 8 heteroatoms. The van der Waals surface area contributed by atoms with E-state index in [2.05, 4.69) is 23.5 Å². The van der Waals surface area contributed by atoms with E-state index in [4.69, 9.17) is 17.3 Å². The minimum absolute atomic E-state index is 0.214. The van der Waals surface area contributed by atoms with Gasteiger partial charge in [0.15, 0.2) is 0 Å². The number of hydrogen-bond donors (Lipinski definition) is 4. The van der Waals surface area contributed by atoms with Crippen LogP contribution in [0, 0.1) is 13.8 Å². The third-order valence-corrected chi connectivity index (χ3v) is 4.43. The fourth-order valence-corrected chi connectivity index (χ4v) is 2.90. The number of nitrogens with one attached hydrogen (secondary N) is 1. The minimum atomic E-state index is -0.309. The summed E-state index contributed by atoms with van der Waals surface area (Å²) in [7, 11) is 0. The van der Waals surface area contributed by atoms with Crippen LogP contribution in [0.25, 0.3) is 0 Å². The van der Waals surface area contributed by atoms with E-state index in [1.165, 1.54) is 17.3 Å². The minimum Gasteiger partial charge on any atom is -0.399 e. The molecular formula is C22H29N7O. The maximum absolute atomic E-state index is 12.6. The largest absolute Gasteiger partial charge is 0.399 e. The molecule has 2 heterocycles. The van der Waals surface area contributed by atoms with Crippen molar-refractivity contribution in [2.45, 2.75) is 20.4 Å². The van der Waals surface area contributed by atoms with Crippen molar-refractivity contribution in [1.29, 1.82) is 0 Å².